The molecule has 1 aromatic carbocycles. The molecule has 3 rings (SSSR count). The first-order chi connectivity index (χ1) is 11.6. The van der Waals surface area contributed by atoms with Crippen LogP contribution in [0.1, 0.15) is 45.7 Å². The first-order valence-electron chi connectivity index (χ1n) is 8.59. The van der Waals surface area contributed by atoms with E-state index in [0.29, 0.717) is 12.5 Å². The zero-order valence-electron chi connectivity index (χ0n) is 14.4. The molecule has 1 aromatic heterocycles. The van der Waals surface area contributed by atoms with Crippen LogP contribution in [0.5, 0.6) is 0 Å². The normalized spacial score (nSPS) is 21.0. The summed E-state index contributed by atoms with van der Waals surface area (Å²) in [6, 6.07) is 10.4. The number of hydrogen-bond acceptors (Lipinski definition) is 4. The number of benzene rings is 1. The number of likely N-dealkylation sites (tertiary alicyclic amines) is 1. The van der Waals surface area contributed by atoms with Crippen LogP contribution in [0.3, 0.4) is 0 Å². The second-order valence-electron chi connectivity index (χ2n) is 6.70. The van der Waals surface area contributed by atoms with Crippen LogP contribution in [0, 0.1) is 12.8 Å². The highest BCUT2D eigenvalue weighted by Crippen LogP contribution is 2.27. The molecule has 1 amide bonds. The Labute approximate surface area is 147 Å². The van der Waals surface area contributed by atoms with Crippen LogP contribution >= 0.6 is 11.3 Å². The van der Waals surface area contributed by atoms with Gasteiger partial charge in [0.15, 0.2) is 0 Å². The maximum atomic E-state index is 13.0. The molecule has 0 aliphatic carbocycles. The van der Waals surface area contributed by atoms with Crippen LogP contribution in [0.4, 0.5) is 0 Å². The van der Waals surface area contributed by atoms with Crippen molar-refractivity contribution in [3.05, 3.63) is 51.5 Å². The van der Waals surface area contributed by atoms with Gasteiger partial charge in [0.25, 0.3) is 5.91 Å². The van der Waals surface area contributed by atoms with Crippen molar-refractivity contribution >= 4 is 17.2 Å². The van der Waals surface area contributed by atoms with Crippen molar-refractivity contribution in [3.8, 4) is 0 Å². The number of nitrogens with two attached hydrogens (primary N) is 1. The van der Waals surface area contributed by atoms with Gasteiger partial charge in [-0.2, -0.15) is 0 Å². The number of aryl methyl sites for hydroxylation is 1. The number of aromatic nitrogens is 1. The summed E-state index contributed by atoms with van der Waals surface area (Å²) in [6.45, 7) is 5.50. The van der Waals surface area contributed by atoms with Crippen LogP contribution in [0.15, 0.2) is 30.3 Å². The van der Waals surface area contributed by atoms with Crippen LogP contribution in [-0.2, 0) is 6.42 Å². The van der Waals surface area contributed by atoms with Gasteiger partial charge in [0, 0.05) is 25.6 Å². The molecule has 0 spiro atoms. The van der Waals surface area contributed by atoms with Crippen molar-refractivity contribution < 1.29 is 4.79 Å². The zero-order valence-corrected chi connectivity index (χ0v) is 15.2. The maximum Gasteiger partial charge on any atom is 0.266 e. The number of carbonyl (C=O) groups is 1. The molecule has 128 valence electrons. The minimum Gasteiger partial charge on any atom is -0.334 e. The minimum atomic E-state index is 0.103. The summed E-state index contributed by atoms with van der Waals surface area (Å²) in [5, 5.41) is 0.997. The van der Waals surface area contributed by atoms with Gasteiger partial charge in [-0.15, -0.1) is 11.3 Å². The van der Waals surface area contributed by atoms with Gasteiger partial charge in [-0.3, -0.25) is 4.79 Å². The molecular weight excluding hydrogens is 318 g/mol. The van der Waals surface area contributed by atoms with Gasteiger partial charge < -0.3 is 10.6 Å². The van der Waals surface area contributed by atoms with Crippen LogP contribution < -0.4 is 5.73 Å². The molecule has 24 heavy (non-hydrogen) atoms. The van der Waals surface area contributed by atoms with Crippen molar-refractivity contribution in [2.24, 2.45) is 11.7 Å². The average molecular weight is 343 g/mol. The number of hydrogen-bond donors (Lipinski definition) is 1. The second kappa shape index (κ2) is 7.45. The molecule has 1 aliphatic heterocycles. The number of nitrogens with zero attached hydrogens (tertiary/aromatic N) is 2. The lowest BCUT2D eigenvalue weighted by molar-refractivity contribution is 0.0577. The molecule has 2 aromatic rings. The Hall–Kier alpha value is -1.72. The van der Waals surface area contributed by atoms with Gasteiger partial charge in [-0.05, 0) is 31.2 Å². The van der Waals surface area contributed by atoms with Crippen molar-refractivity contribution in [2.45, 2.75) is 39.2 Å². The van der Waals surface area contributed by atoms with E-state index in [9.17, 15) is 4.79 Å². The Balaban J connectivity index is 1.78. The fraction of sp³-hybridized carbons (Fsp3) is 0.474. The molecule has 2 N–H and O–H groups in total. The fourth-order valence-electron chi connectivity index (χ4n) is 3.37. The number of carbonyl (C=O) groups excluding carboxylic acids is 1. The highest BCUT2D eigenvalue weighted by Gasteiger charge is 2.31. The van der Waals surface area contributed by atoms with E-state index < -0.39 is 0 Å². The summed E-state index contributed by atoms with van der Waals surface area (Å²) in [4.78, 5) is 20.4. The predicted octanol–water partition coefficient (Wildman–Crippen LogP) is 3.24. The summed E-state index contributed by atoms with van der Waals surface area (Å²) in [5.41, 5.74) is 7.97. The van der Waals surface area contributed by atoms with E-state index >= 15 is 0 Å². The molecule has 0 bridgehead atoms. The quantitative estimate of drug-likeness (QED) is 0.927. The summed E-state index contributed by atoms with van der Waals surface area (Å²) in [6.07, 6.45) is 2.82. The van der Waals surface area contributed by atoms with Crippen LogP contribution in [0.2, 0.25) is 0 Å². The third-order valence-corrected chi connectivity index (χ3v) is 5.89. The van der Waals surface area contributed by atoms with E-state index in [2.05, 4.69) is 24.0 Å². The second-order valence-corrected chi connectivity index (χ2v) is 7.79. The molecule has 5 heteroatoms. The lowest BCUT2D eigenvalue weighted by Gasteiger charge is -2.37. The third kappa shape index (κ3) is 3.68. The third-order valence-electron chi connectivity index (χ3n) is 4.74. The summed E-state index contributed by atoms with van der Waals surface area (Å²) < 4.78 is 0. The Morgan fingerprint density at radius 3 is 2.83 bits per heavy atom. The molecule has 2 heterocycles. The van der Waals surface area contributed by atoms with Gasteiger partial charge in [0.1, 0.15) is 4.88 Å². The smallest absolute Gasteiger partial charge is 0.266 e. The lowest BCUT2D eigenvalue weighted by atomic mass is 9.92. The number of rotatable bonds is 4. The monoisotopic (exact) mass is 343 g/mol. The summed E-state index contributed by atoms with van der Waals surface area (Å²) in [5.74, 6) is 0.741. The molecular formula is C19H25N3OS. The van der Waals surface area contributed by atoms with E-state index in [1.807, 2.05) is 30.0 Å². The van der Waals surface area contributed by atoms with E-state index in [4.69, 9.17) is 5.73 Å². The van der Waals surface area contributed by atoms with Crippen molar-refractivity contribution in [1.82, 2.24) is 9.88 Å². The molecule has 1 aliphatic rings. The van der Waals surface area contributed by atoms with E-state index in [-0.39, 0.29) is 11.9 Å². The molecule has 1 saturated heterocycles. The first-order valence-corrected chi connectivity index (χ1v) is 9.41. The van der Waals surface area contributed by atoms with Crippen LogP contribution in [-0.4, -0.2) is 34.9 Å². The van der Waals surface area contributed by atoms with Gasteiger partial charge in [-0.1, -0.05) is 37.3 Å². The Morgan fingerprint density at radius 2 is 2.12 bits per heavy atom. The number of thiazole rings is 1. The van der Waals surface area contributed by atoms with E-state index in [1.54, 1.807) is 0 Å². The molecule has 0 radical (unpaired) electrons. The largest absolute Gasteiger partial charge is 0.334 e. The SMILES string of the molecule is Cc1nc(Cc2ccccc2)sc1C(=O)N1CCC(C)CC1CN. The molecule has 0 saturated carbocycles. The van der Waals surface area contributed by atoms with Crippen molar-refractivity contribution in [2.75, 3.05) is 13.1 Å². The number of amides is 1. The molecule has 2 atom stereocenters. The van der Waals surface area contributed by atoms with E-state index in [1.165, 1.54) is 16.9 Å². The maximum absolute atomic E-state index is 13.0. The van der Waals surface area contributed by atoms with Gasteiger partial charge >= 0.3 is 0 Å². The highest BCUT2D eigenvalue weighted by molar-refractivity contribution is 7.13. The van der Waals surface area contributed by atoms with Crippen LogP contribution in [0.25, 0.3) is 0 Å². The van der Waals surface area contributed by atoms with Crippen molar-refractivity contribution in [1.29, 1.82) is 0 Å². The summed E-state index contributed by atoms with van der Waals surface area (Å²) >= 11 is 1.53. The minimum absolute atomic E-state index is 0.103. The number of piperidine rings is 1. The Morgan fingerprint density at radius 1 is 1.38 bits per heavy atom. The predicted molar refractivity (Wildman–Crippen MR) is 98.4 cm³/mol. The van der Waals surface area contributed by atoms with Crippen molar-refractivity contribution in [3.63, 3.8) is 0 Å². The standard InChI is InChI=1S/C19H25N3OS/c1-13-8-9-22(16(10-13)12-20)19(23)18-14(2)21-17(24-18)11-15-6-4-3-5-7-15/h3-7,13,16H,8-12,20H2,1-2H3. The topological polar surface area (TPSA) is 59.2 Å². The zero-order chi connectivity index (χ0) is 17.1. The average Bonchev–Trinajstić information content (AvgIpc) is 2.95. The van der Waals surface area contributed by atoms with Gasteiger partial charge in [0.05, 0.1) is 10.7 Å². The Kier molecular flexibility index (Phi) is 5.31. The van der Waals surface area contributed by atoms with E-state index in [0.717, 1.165) is 41.4 Å². The lowest BCUT2D eigenvalue weighted by Crippen LogP contribution is -2.49. The van der Waals surface area contributed by atoms with Gasteiger partial charge in [0.2, 0.25) is 0 Å². The van der Waals surface area contributed by atoms with Gasteiger partial charge in [-0.25, -0.2) is 4.98 Å². The molecule has 2 unspecified atom stereocenters. The fourth-order valence-corrected chi connectivity index (χ4v) is 4.42. The molecule has 4 nitrogen and oxygen atoms in total. The Bertz CT molecular complexity index is 698. The highest BCUT2D eigenvalue weighted by atomic mass is 32.1. The summed E-state index contributed by atoms with van der Waals surface area (Å²) in [7, 11) is 0. The molecule has 1 fully saturated rings. The first kappa shape index (κ1) is 17.1.